The second-order valence-corrected chi connectivity index (χ2v) is 0. The Bertz CT molecular complexity index is 10.5. The fraction of sp³-hybridized carbons (Fsp3) is 0. The predicted octanol–water partition coefficient (Wildman–Crippen LogP) is -1.60. The maximum Gasteiger partial charge on any atom is 0 e. The van der Waals surface area contributed by atoms with Crippen LogP contribution in [0.25, 0.3) is 0 Å². The van der Waals surface area contributed by atoms with Gasteiger partial charge in [0, 0.05) is 93.3 Å². The summed E-state index contributed by atoms with van der Waals surface area (Å²) in [5, 5.41) is 0. The molecule has 0 rings (SSSR count). The molecule has 14 heavy (non-hydrogen) atoms. The largest absolute Gasteiger partial charge is 2.00 e. The Morgan fingerprint density at radius 1 is 0.214 bits per heavy atom. The zero-order valence-electron chi connectivity index (χ0n) is 6.19. The van der Waals surface area contributed by atoms with Gasteiger partial charge < -0.3 is 60.2 Å². The third-order valence-corrected chi connectivity index (χ3v) is 0. The predicted molar refractivity (Wildman–Crippen MR) is 13.8 cm³/mol. The van der Waals surface area contributed by atoms with Gasteiger partial charge in [-0.15, -0.1) is 0 Å². The smallest absolute Gasteiger partial charge is 0 e. The summed E-state index contributed by atoms with van der Waals surface area (Å²) in [6, 6.07) is 0. The van der Waals surface area contributed by atoms with E-state index >= 15 is 0 Å². The molecule has 0 spiro atoms. The molecule has 0 aromatic heterocycles. The molecule has 0 aromatic rings. The first kappa shape index (κ1) is 560. The molecule has 0 unspecified atom stereocenters. The van der Waals surface area contributed by atoms with E-state index in [2.05, 4.69) is 0 Å². The van der Waals surface area contributed by atoms with Gasteiger partial charge in [0.25, 0.3) is 0 Å². The molecule has 0 aliphatic rings. The van der Waals surface area contributed by atoms with Gasteiger partial charge in [0.05, 0.1) is 0 Å². The SMILES string of the molecule is [O-2].[O-2].[O-2].[O-2].[O-2].[O-2].[OH-].[OH-].[OH-].[OH-].[OH-].[U].[U].[U]. The summed E-state index contributed by atoms with van der Waals surface area (Å²) >= 11 is 0. The monoisotopic (exact) mass is 895 g/mol. The van der Waals surface area contributed by atoms with Gasteiger partial charge >= 0.3 is 0 Å². The van der Waals surface area contributed by atoms with E-state index in [1.807, 2.05) is 0 Å². The molecule has 0 aromatic carbocycles. The van der Waals surface area contributed by atoms with Crippen LogP contribution in [-0.4, -0.2) is 27.4 Å². The second-order valence-electron chi connectivity index (χ2n) is 0. The van der Waals surface area contributed by atoms with E-state index in [4.69, 9.17) is 0 Å². The molecule has 0 fully saturated rings. The third kappa shape index (κ3) is 375. The Kier molecular flexibility index (Phi) is 18400. The van der Waals surface area contributed by atoms with Gasteiger partial charge in [-0.05, 0) is 0 Å². The van der Waals surface area contributed by atoms with Crippen molar-refractivity contribution in [3.05, 3.63) is 0 Å². The number of hydrogen-bond acceptors (Lipinski definition) is 5. The molecule has 0 saturated heterocycles. The Morgan fingerprint density at radius 2 is 0.214 bits per heavy atom. The van der Waals surface area contributed by atoms with Crippen LogP contribution in [0.5, 0.6) is 0 Å². The quantitative estimate of drug-likeness (QED) is 0.277. The maximum absolute atomic E-state index is 0. The molecule has 100 valence electrons. The average Bonchev–Trinajstić information content (AvgIpc) is 0. The van der Waals surface area contributed by atoms with Crippen LogP contribution in [0.15, 0.2) is 0 Å². The minimum Gasteiger partial charge on any atom is -2.00 e. The zero-order chi connectivity index (χ0) is 0. The third-order valence-electron chi connectivity index (χ3n) is 0. The second kappa shape index (κ2) is 461. The zero-order valence-corrected chi connectivity index (χ0v) is 18.7. The van der Waals surface area contributed by atoms with Crippen molar-refractivity contribution in [3.63, 3.8) is 0 Å². The van der Waals surface area contributed by atoms with Crippen LogP contribution in [0.2, 0.25) is 0 Å². The van der Waals surface area contributed by atoms with Crippen LogP contribution >= 0.6 is 0 Å². The first-order chi connectivity index (χ1) is 0. The molecule has 0 saturated carbocycles. The topological polar surface area (TPSA) is 321 Å². The van der Waals surface area contributed by atoms with E-state index in [1.165, 1.54) is 0 Å². The molecule has 0 aliphatic heterocycles. The fourth-order valence-corrected chi connectivity index (χ4v) is 0. The molecular formula is H5O11U3-17. The van der Waals surface area contributed by atoms with Gasteiger partial charge in [-0.3, -0.25) is 0 Å². The van der Waals surface area contributed by atoms with E-state index in [-0.39, 0.29) is 154 Å². The Morgan fingerprint density at radius 3 is 0.214 bits per heavy atom. The Balaban J connectivity index is 0. The summed E-state index contributed by atoms with van der Waals surface area (Å²) in [7, 11) is 0. The Labute approximate surface area is 151 Å². The van der Waals surface area contributed by atoms with Crippen LogP contribution in [0, 0.1) is 93.3 Å². The van der Waals surface area contributed by atoms with Crippen LogP contribution in [-0.2, 0) is 32.9 Å². The van der Waals surface area contributed by atoms with Crippen molar-refractivity contribution in [2.75, 3.05) is 0 Å². The van der Waals surface area contributed by atoms with Crippen molar-refractivity contribution in [1.29, 1.82) is 0 Å². The summed E-state index contributed by atoms with van der Waals surface area (Å²) < 4.78 is 0. The van der Waals surface area contributed by atoms with Gasteiger partial charge in [0.1, 0.15) is 0 Å². The molecule has 0 bridgehead atoms. The van der Waals surface area contributed by atoms with Crippen molar-refractivity contribution < 1.29 is 154 Å². The van der Waals surface area contributed by atoms with Crippen molar-refractivity contribution in [1.82, 2.24) is 0 Å². The van der Waals surface area contributed by atoms with Gasteiger partial charge in [-0.1, -0.05) is 0 Å². The van der Waals surface area contributed by atoms with Crippen molar-refractivity contribution in [2.24, 2.45) is 0 Å². The van der Waals surface area contributed by atoms with Crippen LogP contribution in [0.1, 0.15) is 0 Å². The van der Waals surface area contributed by atoms with Gasteiger partial charge in [0.2, 0.25) is 0 Å². The summed E-state index contributed by atoms with van der Waals surface area (Å²) in [6.07, 6.45) is 0. The average molecular weight is 895 g/mol. The summed E-state index contributed by atoms with van der Waals surface area (Å²) in [5.74, 6) is 0. The maximum atomic E-state index is 0. The van der Waals surface area contributed by atoms with Crippen LogP contribution < -0.4 is 0 Å². The van der Waals surface area contributed by atoms with Crippen molar-refractivity contribution >= 4 is 0 Å². The molecule has 0 heterocycles. The van der Waals surface area contributed by atoms with Gasteiger partial charge in [-0.2, -0.15) is 0 Å². The van der Waals surface area contributed by atoms with Crippen LogP contribution in [0.4, 0.5) is 0 Å². The molecule has 11 nitrogen and oxygen atoms in total. The number of hydrogen-bond donors (Lipinski definition) is 0. The minimum atomic E-state index is 0. The summed E-state index contributed by atoms with van der Waals surface area (Å²) in [5.41, 5.74) is 0. The summed E-state index contributed by atoms with van der Waals surface area (Å²) in [4.78, 5) is 0. The first-order valence-electron chi connectivity index (χ1n) is 0. The molecule has 0 radical (unpaired) electrons. The molecular weight excluding hydrogens is 890 g/mol. The Hall–Kier alpha value is 2.72. The number of rotatable bonds is 0. The van der Waals surface area contributed by atoms with Crippen molar-refractivity contribution in [3.8, 4) is 0 Å². The minimum absolute atomic E-state index is 0. The van der Waals surface area contributed by atoms with Crippen molar-refractivity contribution in [2.45, 2.75) is 0 Å². The van der Waals surface area contributed by atoms with E-state index in [0.717, 1.165) is 0 Å². The van der Waals surface area contributed by atoms with Crippen LogP contribution in [0.3, 0.4) is 0 Å². The van der Waals surface area contributed by atoms with E-state index in [1.54, 1.807) is 0 Å². The van der Waals surface area contributed by atoms with Gasteiger partial charge in [0.15, 0.2) is 0 Å². The van der Waals surface area contributed by atoms with Gasteiger partial charge in [-0.25, -0.2) is 0 Å². The standard InChI is InChI=1S/5H2O.6O.3U/h5*1H2;;;;;;;;;/q;;;;;6*-2;;;/p-5. The fourth-order valence-electron chi connectivity index (χ4n) is 0. The van der Waals surface area contributed by atoms with E-state index < -0.39 is 0 Å². The summed E-state index contributed by atoms with van der Waals surface area (Å²) in [6.45, 7) is 0. The van der Waals surface area contributed by atoms with E-state index in [9.17, 15) is 0 Å². The first-order valence-corrected chi connectivity index (χ1v) is 0. The molecule has 14 heteroatoms. The normalized spacial score (nSPS) is 0. The molecule has 0 aliphatic carbocycles. The molecule has 5 N–H and O–H groups in total. The van der Waals surface area contributed by atoms with E-state index in [0.29, 0.717) is 0 Å². The molecule has 0 atom stereocenters. The molecule has 0 amide bonds.